The molecule has 31 nitrogen and oxygen atoms in total. The van der Waals surface area contributed by atoms with Crippen molar-refractivity contribution >= 4 is 72.8 Å². The van der Waals surface area contributed by atoms with Gasteiger partial charge in [0.2, 0.25) is 72.8 Å². The molecule has 0 aromatic carbocycles. The molecule has 0 bridgehead atoms. The smallest absolute Gasteiger partial charge is 0.726 e. The second-order valence-corrected chi connectivity index (χ2v) is 16.1. The van der Waals surface area contributed by atoms with E-state index in [1.807, 2.05) is 0 Å². The summed E-state index contributed by atoms with van der Waals surface area (Å²) in [7, 11) is -38.2. The Balaban J connectivity index is -0.000000371. The molecule has 2 aliphatic heterocycles. The molecule has 306 valence electrons. The minimum absolute atomic E-state index is 0. The SMILES string of the molecule is COS(=O)(=O)[O-].O=S(=O)([O-])OC[C@H]1C[C@H](OS(=O)(=O)[O-])[C@@H](OS(=O)(=O)[O-])[C@H](O[C@H]2[C@H](OS(=O)(=O)[O-])[C@@H](COS(=O)(=O)[O-])O[C@@H]2COS(=O)(=O)[O-])O1.[Na+].[Na+].[Na+].[Na+].[Na+].[Na+].[Na+]. The average molecular weight is 1060 g/mol. The minimum Gasteiger partial charge on any atom is -0.726 e. The molecule has 2 aliphatic rings. The average Bonchev–Trinajstić information content (AvgIpc) is 3.18. The molecule has 2 heterocycles. The zero-order valence-corrected chi connectivity index (χ0v) is 50.7. The Hall–Kier alpha value is 5.97. The summed E-state index contributed by atoms with van der Waals surface area (Å²) in [6.07, 6.45) is -20.9. The van der Waals surface area contributed by atoms with E-state index < -0.39 is 148 Å². The summed E-state index contributed by atoms with van der Waals surface area (Å²) >= 11 is 0. The van der Waals surface area contributed by atoms with Crippen LogP contribution in [0.25, 0.3) is 0 Å². The van der Waals surface area contributed by atoms with Gasteiger partial charge < -0.3 is 46.1 Å². The van der Waals surface area contributed by atoms with Crippen molar-refractivity contribution in [2.24, 2.45) is 0 Å². The zero-order chi connectivity index (χ0) is 40.0. The molecule has 0 amide bonds. The van der Waals surface area contributed by atoms with Crippen LogP contribution in [-0.2, 0) is 116 Å². The van der Waals surface area contributed by atoms with E-state index in [9.17, 15) is 90.8 Å². The Labute approximate surface area is 487 Å². The van der Waals surface area contributed by atoms with Gasteiger partial charge in [-0.1, -0.05) is 0 Å². The molecule has 45 heteroatoms. The molecular weight excluding hydrogens is 1040 g/mol. The number of hydrogen-bond acceptors (Lipinski definition) is 31. The molecule has 0 aromatic rings. The van der Waals surface area contributed by atoms with Crippen molar-refractivity contribution in [1.82, 2.24) is 0 Å². The van der Waals surface area contributed by atoms with Gasteiger partial charge in [-0.2, -0.15) is 0 Å². The summed E-state index contributed by atoms with van der Waals surface area (Å²) in [4.78, 5) is 0. The maximum Gasteiger partial charge on any atom is 1.00 e. The van der Waals surface area contributed by atoms with Crippen LogP contribution in [0.1, 0.15) is 6.42 Å². The number of rotatable bonds is 18. The summed E-state index contributed by atoms with van der Waals surface area (Å²) in [5, 5.41) is 0. The fourth-order valence-corrected chi connectivity index (χ4v) is 6.10. The molecule has 0 unspecified atom stereocenters. The van der Waals surface area contributed by atoms with Gasteiger partial charge in [-0.25, -0.2) is 58.9 Å². The predicted octanol–water partition coefficient (Wildman–Crippen LogP) is -28.7. The fourth-order valence-electron chi connectivity index (χ4n) is 3.70. The van der Waals surface area contributed by atoms with Gasteiger partial charge in [0.1, 0.15) is 30.5 Å². The maximum atomic E-state index is 11.4. The molecule has 0 spiro atoms. The molecule has 0 radical (unpaired) electrons. The van der Waals surface area contributed by atoms with E-state index in [4.69, 9.17) is 14.2 Å². The van der Waals surface area contributed by atoms with Gasteiger partial charge >= 0.3 is 207 Å². The maximum absolute atomic E-state index is 11.4. The van der Waals surface area contributed by atoms with Gasteiger partial charge in [0, 0.05) is 6.42 Å². The molecule has 2 fully saturated rings. The van der Waals surface area contributed by atoms with Crippen LogP contribution >= 0.6 is 0 Å². The first-order valence-electron chi connectivity index (χ1n) is 11.8. The molecule has 0 aromatic heterocycles. The van der Waals surface area contributed by atoms with Crippen molar-refractivity contribution in [3.8, 4) is 0 Å². The number of ether oxygens (including phenoxy) is 3. The molecular formula is C13H19Na7O31S7. The molecule has 0 N–H and O–H groups in total. The van der Waals surface area contributed by atoms with E-state index in [1.54, 1.807) is 0 Å². The second-order valence-electron chi connectivity index (χ2n) is 8.81. The predicted molar refractivity (Wildman–Crippen MR) is 134 cm³/mol. The Bertz CT molecular complexity index is 1960. The Morgan fingerprint density at radius 2 is 0.776 bits per heavy atom. The van der Waals surface area contributed by atoms with Crippen molar-refractivity contribution in [3.63, 3.8) is 0 Å². The minimum atomic E-state index is -5.99. The molecule has 2 rings (SSSR count). The van der Waals surface area contributed by atoms with Gasteiger partial charge in [0.15, 0.2) is 12.4 Å². The Kier molecular flexibility index (Phi) is 44.1. The van der Waals surface area contributed by atoms with E-state index in [-0.39, 0.29) is 207 Å². The van der Waals surface area contributed by atoms with E-state index >= 15 is 0 Å². The van der Waals surface area contributed by atoms with E-state index in [0.29, 0.717) is 0 Å². The van der Waals surface area contributed by atoms with Crippen molar-refractivity contribution in [2.75, 3.05) is 26.9 Å². The van der Waals surface area contributed by atoms with Crippen LogP contribution in [0.5, 0.6) is 0 Å². The van der Waals surface area contributed by atoms with Gasteiger partial charge in [-0.3, -0.25) is 29.3 Å². The van der Waals surface area contributed by atoms with Crippen molar-refractivity contribution in [2.45, 2.75) is 55.4 Å². The van der Waals surface area contributed by atoms with Crippen LogP contribution in [0.3, 0.4) is 0 Å². The van der Waals surface area contributed by atoms with Gasteiger partial charge in [0.25, 0.3) is 0 Å². The van der Waals surface area contributed by atoms with Crippen LogP contribution in [0.4, 0.5) is 0 Å². The first kappa shape index (κ1) is 78.2. The largest absolute Gasteiger partial charge is 1.00 e. The summed E-state index contributed by atoms with van der Waals surface area (Å²) in [5.74, 6) is 0. The third kappa shape index (κ3) is 37.9. The summed E-state index contributed by atoms with van der Waals surface area (Å²) in [5.41, 5.74) is 0. The normalized spacial score (nSPS) is 25.1. The Morgan fingerprint density at radius 1 is 0.448 bits per heavy atom. The third-order valence-electron chi connectivity index (χ3n) is 5.21. The standard InChI is InChI=1S/C12H22O27S6.CH4O4S.7Na/c13-40(14,15)31-2-5-1-6(37-43(22,23)24)11(39-45(28,29)30)12(34-5)36-9-7(3-32-41(16,17)18)35-8(4-33-42(19,20)21)10(9)38-44(25,26)27;1-5-6(2,3)4;;;;;;;/h5-12H,1-4H2,(H,13,14,15)(H,16,17,18)(H,19,20,21)(H,22,23,24)(H,25,26,27)(H,28,29,30);1H3,(H,2,3,4);;;;;;;/q;;7*+1/p-7/t5-,6+,7-,8-,9-,10-,11-,12+;;;;;;;;/m1......../s1. The zero-order valence-electron chi connectivity index (χ0n) is 31.0. The summed E-state index contributed by atoms with van der Waals surface area (Å²) in [6, 6.07) is 0. The second kappa shape index (κ2) is 32.7. The van der Waals surface area contributed by atoms with Crippen LogP contribution in [-0.4, -0.2) is 167 Å². The first-order chi connectivity index (χ1) is 22.6. The van der Waals surface area contributed by atoms with Crippen LogP contribution in [0.15, 0.2) is 0 Å². The summed E-state index contributed by atoms with van der Waals surface area (Å²) < 4.78 is 271. The quantitative estimate of drug-likeness (QED) is 0.0699. The van der Waals surface area contributed by atoms with Crippen molar-refractivity contribution in [1.29, 1.82) is 0 Å². The molecule has 0 saturated carbocycles. The number of hydrogen-bond donors (Lipinski definition) is 0. The van der Waals surface area contributed by atoms with Gasteiger partial charge in [0.05, 0.1) is 33.0 Å². The molecule has 0 aliphatic carbocycles. The van der Waals surface area contributed by atoms with Crippen molar-refractivity contribution < 1.29 is 341 Å². The third-order valence-corrected chi connectivity index (χ3v) is 8.29. The van der Waals surface area contributed by atoms with Crippen LogP contribution < -0.4 is 207 Å². The molecule has 8 atom stereocenters. The summed E-state index contributed by atoms with van der Waals surface area (Å²) in [6.45, 7) is -4.50. The van der Waals surface area contributed by atoms with E-state index in [1.165, 1.54) is 0 Å². The van der Waals surface area contributed by atoms with Crippen LogP contribution in [0, 0.1) is 0 Å². The molecule has 58 heavy (non-hydrogen) atoms. The van der Waals surface area contributed by atoms with Crippen molar-refractivity contribution in [3.05, 3.63) is 0 Å². The van der Waals surface area contributed by atoms with E-state index in [2.05, 4.69) is 29.3 Å². The molecule has 2 saturated heterocycles. The van der Waals surface area contributed by atoms with Gasteiger partial charge in [-0.15, -0.1) is 0 Å². The van der Waals surface area contributed by atoms with Crippen LogP contribution in [0.2, 0.25) is 0 Å². The first-order valence-corrected chi connectivity index (χ1v) is 21.1. The topological polar surface area (TPSA) is 493 Å². The van der Waals surface area contributed by atoms with Gasteiger partial charge in [-0.05, 0) is 0 Å². The Morgan fingerprint density at radius 3 is 1.10 bits per heavy atom. The van der Waals surface area contributed by atoms with E-state index in [0.717, 1.165) is 7.11 Å². The fraction of sp³-hybridized carbons (Fsp3) is 1.00. The monoisotopic (exact) mass is 1060 g/mol.